The Morgan fingerprint density at radius 1 is 1.30 bits per heavy atom. The summed E-state index contributed by atoms with van der Waals surface area (Å²) in [6, 6.07) is 7.78. The summed E-state index contributed by atoms with van der Waals surface area (Å²) in [5, 5.41) is 10.6. The number of carbonyl (C=O) groups is 1. The first-order valence-electron chi connectivity index (χ1n) is 9.35. The summed E-state index contributed by atoms with van der Waals surface area (Å²) in [7, 11) is 0. The summed E-state index contributed by atoms with van der Waals surface area (Å²) in [6.07, 6.45) is 2.79. The largest absolute Gasteiger partial charge is 0.357 e. The van der Waals surface area contributed by atoms with Gasteiger partial charge in [0.15, 0.2) is 5.96 Å². The minimum Gasteiger partial charge on any atom is -0.357 e. The van der Waals surface area contributed by atoms with E-state index in [1.807, 2.05) is 51.2 Å². The Labute approximate surface area is 165 Å². The van der Waals surface area contributed by atoms with E-state index >= 15 is 0 Å². The van der Waals surface area contributed by atoms with Gasteiger partial charge in [-0.2, -0.15) is 0 Å². The number of guanidine groups is 1. The summed E-state index contributed by atoms with van der Waals surface area (Å²) in [5.41, 5.74) is 1.66. The van der Waals surface area contributed by atoms with Crippen molar-refractivity contribution in [2.75, 3.05) is 6.54 Å². The third kappa shape index (κ3) is 7.02. The molecule has 6 nitrogen and oxygen atoms in total. The first kappa shape index (κ1) is 20.9. The van der Waals surface area contributed by atoms with Crippen molar-refractivity contribution in [1.82, 2.24) is 20.9 Å². The van der Waals surface area contributed by atoms with Crippen molar-refractivity contribution in [2.24, 2.45) is 4.99 Å². The predicted molar refractivity (Wildman–Crippen MR) is 112 cm³/mol. The van der Waals surface area contributed by atoms with E-state index in [2.05, 4.69) is 32.9 Å². The molecule has 0 bridgehead atoms. The number of aromatic nitrogens is 1. The van der Waals surface area contributed by atoms with Crippen LogP contribution in [0.3, 0.4) is 0 Å². The van der Waals surface area contributed by atoms with E-state index < -0.39 is 0 Å². The average molecular weight is 388 g/mol. The van der Waals surface area contributed by atoms with Crippen molar-refractivity contribution in [3.05, 3.63) is 51.5 Å². The SMILES string of the molecule is CCNC(=NCc1cccc(C(=O)NC(C)CC)c1)NCc1ncc(C)s1. The molecule has 2 rings (SSSR count). The molecule has 0 aliphatic rings. The van der Waals surface area contributed by atoms with Crippen LogP contribution in [0.2, 0.25) is 0 Å². The third-order valence-corrected chi connectivity index (χ3v) is 4.93. The third-order valence-electron chi connectivity index (χ3n) is 4.02. The van der Waals surface area contributed by atoms with E-state index in [1.54, 1.807) is 11.3 Å². The second-order valence-corrected chi connectivity index (χ2v) is 7.72. The first-order valence-corrected chi connectivity index (χ1v) is 10.2. The molecular formula is C20H29N5OS. The summed E-state index contributed by atoms with van der Waals surface area (Å²) in [4.78, 5) is 22.5. The van der Waals surface area contributed by atoms with Crippen LogP contribution in [-0.4, -0.2) is 29.4 Å². The number of carbonyl (C=O) groups excluding carboxylic acids is 1. The number of nitrogens with zero attached hydrogens (tertiary/aromatic N) is 2. The van der Waals surface area contributed by atoms with Crippen molar-refractivity contribution in [3.8, 4) is 0 Å². The van der Waals surface area contributed by atoms with Crippen LogP contribution in [0, 0.1) is 6.92 Å². The zero-order chi connectivity index (χ0) is 19.6. The second-order valence-electron chi connectivity index (χ2n) is 6.40. The van der Waals surface area contributed by atoms with Crippen LogP contribution in [0.5, 0.6) is 0 Å². The Hall–Kier alpha value is -2.41. The monoisotopic (exact) mass is 387 g/mol. The molecule has 7 heteroatoms. The number of rotatable bonds is 8. The summed E-state index contributed by atoms with van der Waals surface area (Å²) in [5.74, 6) is 0.694. The van der Waals surface area contributed by atoms with Gasteiger partial charge in [0, 0.05) is 29.2 Å². The lowest BCUT2D eigenvalue weighted by Gasteiger charge is -2.12. The average Bonchev–Trinajstić information content (AvgIpc) is 3.09. The molecule has 1 atom stereocenters. The highest BCUT2D eigenvalue weighted by Gasteiger charge is 2.09. The van der Waals surface area contributed by atoms with E-state index in [-0.39, 0.29) is 11.9 Å². The maximum atomic E-state index is 12.3. The van der Waals surface area contributed by atoms with Gasteiger partial charge in [-0.1, -0.05) is 19.1 Å². The molecule has 1 amide bonds. The number of hydrogen-bond donors (Lipinski definition) is 3. The summed E-state index contributed by atoms with van der Waals surface area (Å²) < 4.78 is 0. The molecule has 0 fully saturated rings. The lowest BCUT2D eigenvalue weighted by molar-refractivity contribution is 0.0939. The molecule has 0 spiro atoms. The van der Waals surface area contributed by atoms with Crippen LogP contribution < -0.4 is 16.0 Å². The molecule has 1 unspecified atom stereocenters. The molecule has 0 radical (unpaired) electrons. The van der Waals surface area contributed by atoms with Gasteiger partial charge in [-0.15, -0.1) is 11.3 Å². The van der Waals surface area contributed by atoms with Crippen molar-refractivity contribution < 1.29 is 4.79 Å². The van der Waals surface area contributed by atoms with Gasteiger partial charge < -0.3 is 16.0 Å². The fourth-order valence-corrected chi connectivity index (χ4v) is 3.10. The zero-order valence-electron chi connectivity index (χ0n) is 16.5. The molecule has 0 aliphatic carbocycles. The van der Waals surface area contributed by atoms with Gasteiger partial charge in [-0.25, -0.2) is 9.98 Å². The Morgan fingerprint density at radius 2 is 2.11 bits per heavy atom. The standard InChI is InChI=1S/C20H29N5OS/c1-5-14(3)25-19(26)17-9-7-8-16(10-17)12-23-20(21-6-2)24-13-18-22-11-15(4)27-18/h7-11,14H,5-6,12-13H2,1-4H3,(H,25,26)(H2,21,23,24). The molecule has 27 heavy (non-hydrogen) atoms. The minimum atomic E-state index is -0.0423. The van der Waals surface area contributed by atoms with Gasteiger partial charge in [-0.05, 0) is 44.9 Å². The van der Waals surface area contributed by atoms with E-state index in [9.17, 15) is 4.79 Å². The van der Waals surface area contributed by atoms with Gasteiger partial charge in [0.2, 0.25) is 0 Å². The number of benzene rings is 1. The van der Waals surface area contributed by atoms with E-state index in [0.717, 1.165) is 29.5 Å². The van der Waals surface area contributed by atoms with Gasteiger partial charge in [0.1, 0.15) is 5.01 Å². The highest BCUT2D eigenvalue weighted by Crippen LogP contribution is 2.10. The van der Waals surface area contributed by atoms with E-state index in [0.29, 0.717) is 18.7 Å². The fraction of sp³-hybridized carbons (Fsp3) is 0.450. The van der Waals surface area contributed by atoms with Crippen LogP contribution in [-0.2, 0) is 13.1 Å². The van der Waals surface area contributed by atoms with Crippen LogP contribution in [0.25, 0.3) is 0 Å². The highest BCUT2D eigenvalue weighted by molar-refractivity contribution is 7.11. The lowest BCUT2D eigenvalue weighted by atomic mass is 10.1. The fourth-order valence-electron chi connectivity index (χ4n) is 2.37. The Morgan fingerprint density at radius 3 is 2.78 bits per heavy atom. The van der Waals surface area contributed by atoms with Gasteiger partial charge >= 0.3 is 0 Å². The van der Waals surface area contributed by atoms with Crippen molar-refractivity contribution in [1.29, 1.82) is 0 Å². The molecule has 0 aliphatic heterocycles. The molecule has 2 aromatic rings. The molecule has 146 valence electrons. The summed E-state index contributed by atoms with van der Waals surface area (Å²) in [6.45, 7) is 10.1. The molecule has 0 saturated carbocycles. The van der Waals surface area contributed by atoms with Gasteiger partial charge in [0.05, 0.1) is 13.1 Å². The summed E-state index contributed by atoms with van der Waals surface area (Å²) >= 11 is 1.67. The molecule has 1 heterocycles. The van der Waals surface area contributed by atoms with Crippen LogP contribution >= 0.6 is 11.3 Å². The highest BCUT2D eigenvalue weighted by atomic mass is 32.1. The quantitative estimate of drug-likeness (QED) is 0.480. The predicted octanol–water partition coefficient (Wildman–Crippen LogP) is 3.24. The smallest absolute Gasteiger partial charge is 0.251 e. The topological polar surface area (TPSA) is 78.4 Å². The number of hydrogen-bond acceptors (Lipinski definition) is 4. The molecular weight excluding hydrogens is 358 g/mol. The Balaban J connectivity index is 1.99. The number of aryl methyl sites for hydroxylation is 1. The molecule has 1 aromatic heterocycles. The first-order chi connectivity index (χ1) is 13.0. The number of thiazole rings is 1. The molecule has 1 aromatic carbocycles. The number of aliphatic imine (C=N–C) groups is 1. The number of nitrogens with one attached hydrogen (secondary N) is 3. The second kappa shape index (κ2) is 10.7. The Bertz CT molecular complexity index is 771. The maximum absolute atomic E-state index is 12.3. The lowest BCUT2D eigenvalue weighted by Crippen LogP contribution is -2.36. The van der Waals surface area contributed by atoms with Crippen LogP contribution in [0.1, 0.15) is 53.0 Å². The number of amides is 1. The van der Waals surface area contributed by atoms with Crippen molar-refractivity contribution >= 4 is 23.2 Å². The van der Waals surface area contributed by atoms with Crippen LogP contribution in [0.4, 0.5) is 0 Å². The maximum Gasteiger partial charge on any atom is 0.251 e. The molecule has 0 saturated heterocycles. The normalized spacial score (nSPS) is 12.5. The van der Waals surface area contributed by atoms with Gasteiger partial charge in [0.25, 0.3) is 5.91 Å². The van der Waals surface area contributed by atoms with Crippen molar-refractivity contribution in [3.63, 3.8) is 0 Å². The Kier molecular flexibility index (Phi) is 8.26. The van der Waals surface area contributed by atoms with E-state index in [4.69, 9.17) is 0 Å². The molecule has 3 N–H and O–H groups in total. The zero-order valence-corrected chi connectivity index (χ0v) is 17.3. The van der Waals surface area contributed by atoms with E-state index in [1.165, 1.54) is 4.88 Å². The van der Waals surface area contributed by atoms with Crippen LogP contribution in [0.15, 0.2) is 35.5 Å². The minimum absolute atomic E-state index is 0.0423. The van der Waals surface area contributed by atoms with Crippen molar-refractivity contribution in [2.45, 2.75) is 53.2 Å². The van der Waals surface area contributed by atoms with Gasteiger partial charge in [-0.3, -0.25) is 4.79 Å².